The molecule has 1 aromatic carbocycles. The molecule has 0 aliphatic heterocycles. The Bertz CT molecular complexity index is 815. The summed E-state index contributed by atoms with van der Waals surface area (Å²) in [4.78, 5) is 44.9. The van der Waals surface area contributed by atoms with Gasteiger partial charge in [-0.3, -0.25) is 19.2 Å². The molecule has 0 fully saturated rings. The zero-order valence-corrected chi connectivity index (χ0v) is 16.2. The molecule has 0 bridgehead atoms. The summed E-state index contributed by atoms with van der Waals surface area (Å²) >= 11 is 0. The SMILES string of the molecule is C.C.CC(=O)C(C(C)=O)S(=O)(=O)C(C)CCc1ccc(NC(=O)CC(=O)O)cc1. The van der Waals surface area contributed by atoms with Crippen LogP contribution >= 0.6 is 0 Å². The third-order valence-electron chi connectivity index (χ3n) is 4.02. The highest BCUT2D eigenvalue weighted by Gasteiger charge is 2.37. The highest BCUT2D eigenvalue weighted by Crippen LogP contribution is 2.18. The fourth-order valence-electron chi connectivity index (χ4n) is 2.61. The van der Waals surface area contributed by atoms with Gasteiger partial charge in [-0.2, -0.15) is 0 Å². The zero-order valence-electron chi connectivity index (χ0n) is 15.4. The number of benzene rings is 1. The molecule has 0 spiro atoms. The molecule has 1 rings (SSSR count). The molecule has 29 heavy (non-hydrogen) atoms. The number of aliphatic carboxylic acids is 1. The molecule has 0 saturated heterocycles. The van der Waals surface area contributed by atoms with E-state index in [0.717, 1.165) is 19.4 Å². The van der Waals surface area contributed by atoms with E-state index in [4.69, 9.17) is 5.11 Å². The maximum absolute atomic E-state index is 12.5. The Hall–Kier alpha value is -2.55. The van der Waals surface area contributed by atoms with Crippen LogP contribution in [0.5, 0.6) is 0 Å². The van der Waals surface area contributed by atoms with Crippen LogP contribution < -0.4 is 5.32 Å². The van der Waals surface area contributed by atoms with Crippen molar-refractivity contribution in [3.8, 4) is 0 Å². The van der Waals surface area contributed by atoms with Crippen molar-refractivity contribution in [1.82, 2.24) is 0 Å². The van der Waals surface area contributed by atoms with Crippen LogP contribution in [0.25, 0.3) is 0 Å². The number of carbonyl (C=O) groups excluding carboxylic acids is 3. The monoisotopic (exact) mass is 429 g/mol. The van der Waals surface area contributed by atoms with Gasteiger partial charge in [0.1, 0.15) is 6.42 Å². The number of Topliss-reactive ketones (excluding diaryl/α,β-unsaturated/α-hetero) is 2. The number of carboxylic acids is 1. The first-order valence-electron chi connectivity index (χ1n) is 8.29. The molecule has 1 atom stereocenters. The Balaban J connectivity index is 0. The van der Waals surface area contributed by atoms with Gasteiger partial charge in [-0.25, -0.2) is 8.42 Å². The lowest BCUT2D eigenvalue weighted by Gasteiger charge is -2.18. The van der Waals surface area contributed by atoms with Crippen molar-refractivity contribution in [2.24, 2.45) is 0 Å². The van der Waals surface area contributed by atoms with Crippen LogP contribution in [0.4, 0.5) is 5.69 Å². The highest BCUT2D eigenvalue weighted by atomic mass is 32.2. The Morgan fingerprint density at radius 3 is 1.90 bits per heavy atom. The number of amides is 1. The van der Waals surface area contributed by atoms with E-state index in [-0.39, 0.29) is 21.3 Å². The average molecular weight is 430 g/mol. The molecule has 0 heterocycles. The summed E-state index contributed by atoms with van der Waals surface area (Å²) in [5.41, 5.74) is 1.23. The second-order valence-electron chi connectivity index (χ2n) is 6.36. The largest absolute Gasteiger partial charge is 0.481 e. The predicted octanol–water partition coefficient (Wildman–Crippen LogP) is 2.65. The van der Waals surface area contributed by atoms with E-state index in [1.165, 1.54) is 6.92 Å². The van der Waals surface area contributed by atoms with Crippen LogP contribution in [0.1, 0.15) is 54.0 Å². The number of hydrogen-bond acceptors (Lipinski definition) is 6. The maximum Gasteiger partial charge on any atom is 0.312 e. The fourth-order valence-corrected chi connectivity index (χ4v) is 4.45. The highest BCUT2D eigenvalue weighted by molar-refractivity contribution is 7.94. The second-order valence-corrected chi connectivity index (χ2v) is 8.81. The van der Waals surface area contributed by atoms with E-state index in [0.29, 0.717) is 12.1 Å². The quantitative estimate of drug-likeness (QED) is 0.546. The lowest BCUT2D eigenvalue weighted by atomic mass is 10.1. The van der Waals surface area contributed by atoms with Gasteiger partial charge < -0.3 is 10.4 Å². The molecule has 2 N–H and O–H groups in total. The maximum atomic E-state index is 12.5. The molecule has 164 valence electrons. The first-order chi connectivity index (χ1) is 12.4. The number of anilines is 1. The lowest BCUT2D eigenvalue weighted by Crippen LogP contribution is -2.40. The van der Waals surface area contributed by atoms with Gasteiger partial charge in [0.05, 0.1) is 5.25 Å². The Kier molecular flexibility index (Phi) is 12.0. The number of carboxylic acid groups (broad SMARTS) is 1. The molecule has 8 nitrogen and oxygen atoms in total. The molecule has 0 aromatic heterocycles. The summed E-state index contributed by atoms with van der Waals surface area (Å²) in [6.07, 6.45) is -0.0129. The Labute approximate surface area is 172 Å². The fraction of sp³-hybridized carbons (Fsp3) is 0.500. The van der Waals surface area contributed by atoms with Crippen molar-refractivity contribution >= 4 is 39.0 Å². The first kappa shape index (κ1) is 28.7. The van der Waals surface area contributed by atoms with Crippen LogP contribution in [0, 0.1) is 0 Å². The Morgan fingerprint density at radius 2 is 1.48 bits per heavy atom. The van der Waals surface area contributed by atoms with Crippen LogP contribution in [-0.2, 0) is 35.4 Å². The number of sulfone groups is 1. The average Bonchev–Trinajstić information content (AvgIpc) is 2.51. The minimum absolute atomic E-state index is 0. The molecule has 1 amide bonds. The number of rotatable bonds is 10. The molecule has 0 radical (unpaired) electrons. The first-order valence-corrected chi connectivity index (χ1v) is 9.90. The summed E-state index contributed by atoms with van der Waals surface area (Å²) < 4.78 is 24.9. The molecule has 9 heteroatoms. The van der Waals surface area contributed by atoms with E-state index in [1.54, 1.807) is 24.3 Å². The van der Waals surface area contributed by atoms with E-state index < -0.39 is 50.2 Å². The third kappa shape index (κ3) is 8.55. The molecule has 0 saturated carbocycles. The standard InChI is InChI=1S/C18H23NO7S.2CH4/c1-11(27(25,26)18(12(2)20)13(3)21)4-5-14-6-8-15(9-7-14)19-16(22)10-17(23)24;;/h6-9,11,18H,4-5,10H2,1-3H3,(H,19,22)(H,23,24);2*1H4. The van der Waals surface area contributed by atoms with Crippen molar-refractivity contribution in [2.75, 3.05) is 5.32 Å². The van der Waals surface area contributed by atoms with Gasteiger partial charge in [0, 0.05) is 5.69 Å². The van der Waals surface area contributed by atoms with Gasteiger partial charge in [0.2, 0.25) is 5.91 Å². The minimum Gasteiger partial charge on any atom is -0.481 e. The van der Waals surface area contributed by atoms with E-state index in [9.17, 15) is 27.6 Å². The molecule has 0 aliphatic rings. The van der Waals surface area contributed by atoms with E-state index >= 15 is 0 Å². The topological polar surface area (TPSA) is 135 Å². The zero-order chi connectivity index (χ0) is 20.8. The van der Waals surface area contributed by atoms with Crippen LogP contribution in [0.2, 0.25) is 0 Å². The van der Waals surface area contributed by atoms with Gasteiger partial charge in [0.15, 0.2) is 26.7 Å². The summed E-state index contributed by atoms with van der Waals surface area (Å²) in [5.74, 6) is -3.24. The van der Waals surface area contributed by atoms with Gasteiger partial charge in [0.25, 0.3) is 0 Å². The van der Waals surface area contributed by atoms with Gasteiger partial charge in [-0.05, 0) is 51.3 Å². The van der Waals surface area contributed by atoms with Gasteiger partial charge in [-0.15, -0.1) is 0 Å². The molecule has 0 aliphatic carbocycles. The van der Waals surface area contributed by atoms with Gasteiger partial charge >= 0.3 is 5.97 Å². The Morgan fingerprint density at radius 1 is 1.00 bits per heavy atom. The second kappa shape index (κ2) is 12.1. The number of aryl methyl sites for hydroxylation is 1. The third-order valence-corrected chi connectivity index (χ3v) is 6.70. The van der Waals surface area contributed by atoms with Gasteiger partial charge in [-0.1, -0.05) is 27.0 Å². The predicted molar refractivity (Wildman–Crippen MR) is 113 cm³/mol. The van der Waals surface area contributed by atoms with Crippen molar-refractivity contribution in [1.29, 1.82) is 0 Å². The van der Waals surface area contributed by atoms with Crippen LogP contribution in [0.15, 0.2) is 24.3 Å². The van der Waals surface area contributed by atoms with Crippen LogP contribution in [-0.4, -0.2) is 47.5 Å². The number of hydrogen-bond donors (Lipinski definition) is 2. The van der Waals surface area contributed by atoms with Crippen molar-refractivity contribution in [3.63, 3.8) is 0 Å². The molecular formula is C20H31NO7S. The van der Waals surface area contributed by atoms with Crippen molar-refractivity contribution in [2.45, 2.75) is 65.4 Å². The molecule has 1 aromatic rings. The van der Waals surface area contributed by atoms with E-state index in [1.807, 2.05) is 0 Å². The summed E-state index contributed by atoms with van der Waals surface area (Å²) in [6.45, 7) is 3.65. The van der Waals surface area contributed by atoms with E-state index in [2.05, 4.69) is 5.32 Å². The lowest BCUT2D eigenvalue weighted by molar-refractivity contribution is -0.139. The van der Waals surface area contributed by atoms with Crippen molar-refractivity contribution in [3.05, 3.63) is 29.8 Å². The summed E-state index contributed by atoms with van der Waals surface area (Å²) in [6, 6.07) is 6.54. The molecular weight excluding hydrogens is 398 g/mol. The number of ketones is 2. The normalized spacial score (nSPS) is 11.6. The molecule has 1 unspecified atom stereocenters. The number of carbonyl (C=O) groups is 4. The summed E-state index contributed by atoms with van der Waals surface area (Å²) in [5, 5.41) is 8.49. The minimum atomic E-state index is -3.92. The van der Waals surface area contributed by atoms with Crippen LogP contribution in [0.3, 0.4) is 0 Å². The smallest absolute Gasteiger partial charge is 0.312 e. The summed E-state index contributed by atoms with van der Waals surface area (Å²) in [7, 11) is -3.92. The van der Waals surface area contributed by atoms with Crippen molar-refractivity contribution < 1.29 is 32.7 Å². The number of nitrogens with one attached hydrogen (secondary N) is 1.